The monoisotopic (exact) mass is 258 g/mol. The van der Waals surface area contributed by atoms with Crippen LogP contribution in [0.3, 0.4) is 0 Å². The fourth-order valence-electron chi connectivity index (χ4n) is 0.260. The average Bonchev–Trinajstić information content (AvgIpc) is 1.61. The topological polar surface area (TPSA) is 0 Å². The van der Waals surface area contributed by atoms with Crippen LogP contribution in [0.1, 0.15) is 6.42 Å². The minimum atomic E-state index is -4.01. The summed E-state index contributed by atoms with van der Waals surface area (Å²) in [4.78, 5) is 0. The van der Waals surface area contributed by atoms with Gasteiger partial charge in [-0.15, -0.1) is 0 Å². The van der Waals surface area contributed by atoms with Crippen LogP contribution in [0.2, 0.25) is 0 Å². The van der Waals surface area contributed by atoms with Crippen LogP contribution < -0.4 is 0 Å². The Kier molecular flexibility index (Phi) is 3.80. The van der Waals surface area contributed by atoms with Gasteiger partial charge in [-0.3, -0.25) is 0 Å². The molecule has 0 aliphatic heterocycles. The summed E-state index contributed by atoms with van der Waals surface area (Å²) in [5, 5.41) is -7.13. The minimum Gasteiger partial charge on any atom is -0.218 e. The van der Waals surface area contributed by atoms with Gasteiger partial charge in [-0.25, -0.2) is 4.39 Å². The van der Waals surface area contributed by atoms with E-state index in [1.54, 1.807) is 0 Å². The van der Waals surface area contributed by atoms with E-state index in [4.69, 9.17) is 11.6 Å². The molecule has 0 nitrogen and oxygen atoms in total. The summed E-state index contributed by atoms with van der Waals surface area (Å²) >= 11 is 11.8. The molecule has 0 amide bonds. The molecule has 62 valence electrons. The van der Waals surface area contributed by atoms with Crippen molar-refractivity contribution in [1.29, 1.82) is 0 Å². The van der Waals surface area contributed by atoms with Crippen molar-refractivity contribution in [3.05, 3.63) is 0 Å². The molecule has 0 N–H and O–H groups in total. The molecule has 0 spiro atoms. The predicted molar refractivity (Wildman–Crippen MR) is 38.9 cm³/mol. The first-order chi connectivity index (χ1) is 4.31. The summed E-state index contributed by atoms with van der Waals surface area (Å²) in [5.74, 6) is 0. The van der Waals surface area contributed by atoms with Crippen molar-refractivity contribution in [3.63, 3.8) is 0 Å². The van der Waals surface area contributed by atoms with E-state index < -0.39 is 16.9 Å². The molecule has 0 aliphatic rings. The normalized spacial score (nSPS) is 18.6. The van der Waals surface area contributed by atoms with Crippen LogP contribution in [-0.2, 0) is 0 Å². The maximum absolute atomic E-state index is 12.5. The quantitative estimate of drug-likeness (QED) is 0.681. The molecule has 0 rings (SSSR count). The Bertz CT molecular complexity index is 112. The van der Waals surface area contributed by atoms with Crippen molar-refractivity contribution in [2.45, 2.75) is 16.9 Å². The van der Waals surface area contributed by atoms with Gasteiger partial charge in [-0.05, 0) is 11.6 Å². The molecule has 0 saturated carbocycles. The van der Waals surface area contributed by atoms with Crippen LogP contribution in [-0.4, -0.2) is 15.8 Å². The van der Waals surface area contributed by atoms with Crippen LogP contribution in [0.4, 0.5) is 13.2 Å². The fraction of sp³-hybridized carbons (Fsp3) is 1.00. The molecule has 0 aromatic carbocycles. The summed E-state index contributed by atoms with van der Waals surface area (Å²) in [6.07, 6.45) is -0.537. The molecule has 1 atom stereocenters. The van der Waals surface area contributed by atoms with Gasteiger partial charge in [0.1, 0.15) is 0 Å². The lowest BCUT2D eigenvalue weighted by Crippen LogP contribution is -2.34. The van der Waals surface area contributed by atoms with Crippen LogP contribution in [0, 0.1) is 0 Å². The first kappa shape index (κ1) is 10.8. The summed E-state index contributed by atoms with van der Waals surface area (Å²) in [6.45, 7) is 0. The molecule has 0 aromatic heterocycles. The molecule has 0 saturated heterocycles. The van der Waals surface area contributed by atoms with Gasteiger partial charge in [0, 0.05) is 11.8 Å². The molecular formula is C4H4BrCl2F3. The second kappa shape index (κ2) is 3.50. The molecule has 0 radical (unpaired) electrons. The molecule has 10 heavy (non-hydrogen) atoms. The van der Waals surface area contributed by atoms with E-state index in [-0.39, 0.29) is 5.33 Å². The van der Waals surface area contributed by atoms with Crippen LogP contribution in [0.25, 0.3) is 0 Å². The Hall–Kier alpha value is 0.850. The number of hydrogen-bond donors (Lipinski definition) is 0. The van der Waals surface area contributed by atoms with E-state index in [0.717, 1.165) is 0 Å². The first-order valence-electron chi connectivity index (χ1n) is 2.32. The van der Waals surface area contributed by atoms with Gasteiger partial charge < -0.3 is 0 Å². The zero-order valence-corrected chi connectivity index (χ0v) is 7.78. The molecule has 0 fully saturated rings. The van der Waals surface area contributed by atoms with Gasteiger partial charge in [0.15, 0.2) is 0 Å². The molecule has 0 aromatic rings. The lowest BCUT2D eigenvalue weighted by Gasteiger charge is -2.21. The van der Waals surface area contributed by atoms with Gasteiger partial charge in [0.25, 0.3) is 5.13 Å². The van der Waals surface area contributed by atoms with Crippen molar-refractivity contribution in [3.8, 4) is 0 Å². The molecule has 0 heterocycles. The Morgan fingerprint density at radius 1 is 1.20 bits per heavy atom. The van der Waals surface area contributed by atoms with Gasteiger partial charge in [-0.2, -0.15) is 8.78 Å². The molecule has 0 bridgehead atoms. The predicted octanol–water partition coefficient (Wildman–Crippen LogP) is 3.51. The van der Waals surface area contributed by atoms with Crippen LogP contribution in [0.5, 0.6) is 0 Å². The van der Waals surface area contributed by atoms with Crippen molar-refractivity contribution < 1.29 is 13.2 Å². The lowest BCUT2D eigenvalue weighted by atomic mass is 10.3. The van der Waals surface area contributed by atoms with Gasteiger partial charge in [0.05, 0.1) is 0 Å². The summed E-state index contributed by atoms with van der Waals surface area (Å²) in [7, 11) is 0. The molecule has 6 heteroatoms. The number of hydrogen-bond acceptors (Lipinski definition) is 0. The Balaban J connectivity index is 4.10. The maximum atomic E-state index is 12.5. The highest BCUT2D eigenvalue weighted by Crippen LogP contribution is 2.42. The SMILES string of the molecule is FC(F)(Cl)[C@](F)(Cl)CCBr. The summed E-state index contributed by atoms with van der Waals surface area (Å²) < 4.78 is 36.3. The zero-order chi connectivity index (χ0) is 8.41. The third-order valence-electron chi connectivity index (χ3n) is 0.823. The van der Waals surface area contributed by atoms with Crippen molar-refractivity contribution in [2.24, 2.45) is 0 Å². The van der Waals surface area contributed by atoms with Crippen molar-refractivity contribution in [2.75, 3.05) is 5.33 Å². The van der Waals surface area contributed by atoms with Crippen molar-refractivity contribution >= 4 is 39.1 Å². The summed E-state index contributed by atoms with van der Waals surface area (Å²) in [5.41, 5.74) is 0. The standard InChI is InChI=1S/C4H4BrCl2F3/c5-2-1-3(6,8)4(7,9)10/h1-2H2/t3-/m0/s1. The molecule has 0 aliphatic carbocycles. The van der Waals surface area contributed by atoms with E-state index in [1.165, 1.54) is 0 Å². The Morgan fingerprint density at radius 2 is 1.60 bits per heavy atom. The Labute approximate surface area is 74.8 Å². The third-order valence-corrected chi connectivity index (χ3v) is 2.04. The molecule has 0 unspecified atom stereocenters. The maximum Gasteiger partial charge on any atom is 0.369 e. The van der Waals surface area contributed by atoms with E-state index in [1.807, 2.05) is 0 Å². The largest absolute Gasteiger partial charge is 0.369 e. The highest BCUT2D eigenvalue weighted by atomic mass is 79.9. The van der Waals surface area contributed by atoms with E-state index >= 15 is 0 Å². The average molecular weight is 260 g/mol. The number of rotatable bonds is 3. The smallest absolute Gasteiger partial charge is 0.218 e. The second-order valence-corrected chi connectivity index (χ2v) is 3.51. The highest BCUT2D eigenvalue weighted by molar-refractivity contribution is 9.09. The third kappa shape index (κ3) is 2.84. The van der Waals surface area contributed by atoms with Crippen LogP contribution >= 0.6 is 39.1 Å². The van der Waals surface area contributed by atoms with Crippen molar-refractivity contribution in [1.82, 2.24) is 0 Å². The van der Waals surface area contributed by atoms with E-state index in [9.17, 15) is 13.2 Å². The zero-order valence-electron chi connectivity index (χ0n) is 4.68. The van der Waals surface area contributed by atoms with Gasteiger partial charge in [0.2, 0.25) is 0 Å². The highest BCUT2D eigenvalue weighted by Gasteiger charge is 2.51. The minimum absolute atomic E-state index is 0.0370. The Morgan fingerprint density at radius 3 is 1.70 bits per heavy atom. The van der Waals surface area contributed by atoms with E-state index in [0.29, 0.717) is 0 Å². The lowest BCUT2D eigenvalue weighted by molar-refractivity contribution is -0.0206. The summed E-state index contributed by atoms with van der Waals surface area (Å²) in [6, 6.07) is 0. The second-order valence-electron chi connectivity index (χ2n) is 1.64. The number of halogens is 6. The fourth-order valence-corrected chi connectivity index (χ4v) is 1.22. The van der Waals surface area contributed by atoms with E-state index in [2.05, 4.69) is 27.5 Å². The molecular weight excluding hydrogens is 256 g/mol. The van der Waals surface area contributed by atoms with Crippen LogP contribution in [0.15, 0.2) is 0 Å². The first-order valence-corrected chi connectivity index (χ1v) is 4.19. The van der Waals surface area contributed by atoms with Gasteiger partial charge in [-0.1, -0.05) is 27.5 Å². The number of alkyl halides is 6. The van der Waals surface area contributed by atoms with Gasteiger partial charge >= 0.3 is 5.38 Å².